The Labute approximate surface area is 202 Å². The summed E-state index contributed by atoms with van der Waals surface area (Å²) in [7, 11) is 0. The van der Waals surface area contributed by atoms with E-state index in [1.54, 1.807) is 0 Å². The van der Waals surface area contributed by atoms with Gasteiger partial charge in [0.2, 0.25) is 0 Å². The summed E-state index contributed by atoms with van der Waals surface area (Å²) in [6, 6.07) is 9.36. The Morgan fingerprint density at radius 2 is 1.33 bits per heavy atom. The molecule has 33 heavy (non-hydrogen) atoms. The zero-order valence-electron chi connectivity index (χ0n) is 21.5. The van der Waals surface area contributed by atoms with Crippen LogP contribution in [0.1, 0.15) is 133 Å². The van der Waals surface area contributed by atoms with Crippen LogP contribution in [0.4, 0.5) is 0 Å². The van der Waals surface area contributed by atoms with E-state index in [2.05, 4.69) is 40.7 Å². The Balaban J connectivity index is 1.38. The molecular weight excluding hydrogens is 404 g/mol. The maximum atomic E-state index is 12.6. The van der Waals surface area contributed by atoms with Gasteiger partial charge in [-0.2, -0.15) is 0 Å². The highest BCUT2D eigenvalue weighted by atomic mass is 16.1. The first-order valence-corrected chi connectivity index (χ1v) is 14.1. The standard InChI is InChI=1S/C30H48N2O/c1-3-4-5-6-7-8-9-10-11-12-13-15-18-26-21-23-27(24-22-26)29-25(2)31-30(33)32(29)28-19-16-14-17-20-28/h21-24,28H,3-20H2,1-2H3,(H,31,33). The topological polar surface area (TPSA) is 37.8 Å². The van der Waals surface area contributed by atoms with Crippen molar-refractivity contribution in [3.8, 4) is 11.3 Å². The van der Waals surface area contributed by atoms with Gasteiger partial charge in [0, 0.05) is 17.3 Å². The fourth-order valence-electron chi connectivity index (χ4n) is 5.60. The van der Waals surface area contributed by atoms with Gasteiger partial charge < -0.3 is 4.98 Å². The van der Waals surface area contributed by atoms with Crippen LogP contribution in [0.15, 0.2) is 29.1 Å². The van der Waals surface area contributed by atoms with Gasteiger partial charge in [0.25, 0.3) is 0 Å². The lowest BCUT2D eigenvalue weighted by Crippen LogP contribution is -2.24. The molecule has 0 bridgehead atoms. The first-order chi connectivity index (χ1) is 16.2. The van der Waals surface area contributed by atoms with Crippen molar-refractivity contribution in [3.63, 3.8) is 0 Å². The molecule has 184 valence electrons. The van der Waals surface area contributed by atoms with Crippen LogP contribution in [0.3, 0.4) is 0 Å². The van der Waals surface area contributed by atoms with Crippen molar-refractivity contribution in [2.24, 2.45) is 0 Å². The second-order valence-corrected chi connectivity index (χ2v) is 10.4. The van der Waals surface area contributed by atoms with Gasteiger partial charge in [-0.1, -0.05) is 121 Å². The van der Waals surface area contributed by atoms with Gasteiger partial charge in [0.15, 0.2) is 0 Å². The van der Waals surface area contributed by atoms with E-state index < -0.39 is 0 Å². The number of benzene rings is 1. The zero-order chi connectivity index (χ0) is 23.3. The Morgan fingerprint density at radius 3 is 1.91 bits per heavy atom. The van der Waals surface area contributed by atoms with Crippen LogP contribution >= 0.6 is 0 Å². The molecule has 1 aromatic carbocycles. The molecule has 1 aliphatic carbocycles. The molecule has 1 saturated carbocycles. The summed E-state index contributed by atoms with van der Waals surface area (Å²) < 4.78 is 2.05. The van der Waals surface area contributed by atoms with Gasteiger partial charge in [-0.05, 0) is 38.2 Å². The second kappa shape index (κ2) is 14.5. The number of H-pyrrole nitrogens is 1. The Hall–Kier alpha value is -1.77. The summed E-state index contributed by atoms with van der Waals surface area (Å²) in [5.41, 5.74) is 4.76. The number of aromatic amines is 1. The minimum Gasteiger partial charge on any atom is -0.309 e. The van der Waals surface area contributed by atoms with Crippen molar-refractivity contribution in [1.29, 1.82) is 0 Å². The van der Waals surface area contributed by atoms with E-state index in [0.29, 0.717) is 6.04 Å². The van der Waals surface area contributed by atoms with Gasteiger partial charge in [0.05, 0.1) is 5.69 Å². The van der Waals surface area contributed by atoms with Gasteiger partial charge >= 0.3 is 5.69 Å². The van der Waals surface area contributed by atoms with Crippen LogP contribution in [0.5, 0.6) is 0 Å². The minimum absolute atomic E-state index is 0.0648. The van der Waals surface area contributed by atoms with E-state index in [1.807, 2.05) is 6.92 Å². The third-order valence-electron chi connectivity index (χ3n) is 7.60. The van der Waals surface area contributed by atoms with Gasteiger partial charge in [0.1, 0.15) is 0 Å². The Morgan fingerprint density at radius 1 is 0.788 bits per heavy atom. The van der Waals surface area contributed by atoms with Crippen LogP contribution in [-0.4, -0.2) is 9.55 Å². The molecule has 0 spiro atoms. The van der Waals surface area contributed by atoms with Crippen molar-refractivity contribution in [2.45, 2.75) is 135 Å². The fraction of sp³-hybridized carbons (Fsp3) is 0.700. The van der Waals surface area contributed by atoms with E-state index in [9.17, 15) is 4.79 Å². The van der Waals surface area contributed by atoms with Gasteiger partial charge in [-0.15, -0.1) is 0 Å². The molecule has 0 aliphatic heterocycles. The number of hydrogen-bond donors (Lipinski definition) is 1. The molecule has 3 nitrogen and oxygen atoms in total. The summed E-state index contributed by atoms with van der Waals surface area (Å²) in [5.74, 6) is 0. The normalized spacial score (nSPS) is 14.7. The fourth-order valence-corrected chi connectivity index (χ4v) is 5.60. The van der Waals surface area contributed by atoms with Crippen molar-refractivity contribution < 1.29 is 0 Å². The maximum Gasteiger partial charge on any atom is 0.326 e. The molecule has 0 unspecified atom stereocenters. The highest BCUT2D eigenvalue weighted by Crippen LogP contribution is 2.32. The quantitative estimate of drug-likeness (QED) is 0.269. The molecule has 0 saturated heterocycles. The van der Waals surface area contributed by atoms with E-state index in [4.69, 9.17) is 0 Å². The molecule has 1 heterocycles. The predicted octanol–water partition coefficient (Wildman–Crippen LogP) is 8.90. The van der Waals surface area contributed by atoms with Crippen molar-refractivity contribution in [2.75, 3.05) is 0 Å². The lowest BCUT2D eigenvalue weighted by Gasteiger charge is -2.24. The SMILES string of the molecule is CCCCCCCCCCCCCCc1ccc(-c2c(C)[nH]c(=O)n2C2CCCCC2)cc1. The van der Waals surface area contributed by atoms with Crippen molar-refractivity contribution in [3.05, 3.63) is 46.0 Å². The monoisotopic (exact) mass is 452 g/mol. The van der Waals surface area contributed by atoms with E-state index >= 15 is 0 Å². The highest BCUT2D eigenvalue weighted by molar-refractivity contribution is 5.62. The van der Waals surface area contributed by atoms with Crippen molar-refractivity contribution in [1.82, 2.24) is 9.55 Å². The second-order valence-electron chi connectivity index (χ2n) is 10.4. The van der Waals surface area contributed by atoms with Crippen LogP contribution in [0, 0.1) is 6.92 Å². The molecular formula is C30H48N2O. The van der Waals surface area contributed by atoms with E-state index in [-0.39, 0.29) is 5.69 Å². The first kappa shape index (κ1) is 25.8. The van der Waals surface area contributed by atoms with Gasteiger partial charge in [-0.25, -0.2) is 4.79 Å². The summed E-state index contributed by atoms with van der Waals surface area (Å²) >= 11 is 0. The lowest BCUT2D eigenvalue weighted by atomic mass is 9.94. The average Bonchev–Trinajstić information content (AvgIpc) is 3.14. The third-order valence-corrected chi connectivity index (χ3v) is 7.60. The zero-order valence-corrected chi connectivity index (χ0v) is 21.5. The van der Waals surface area contributed by atoms with Gasteiger partial charge in [-0.3, -0.25) is 4.57 Å². The Kier molecular flexibility index (Phi) is 11.3. The van der Waals surface area contributed by atoms with Crippen LogP contribution in [0.2, 0.25) is 0 Å². The maximum absolute atomic E-state index is 12.6. The molecule has 0 radical (unpaired) electrons. The molecule has 1 aromatic heterocycles. The minimum atomic E-state index is 0.0648. The number of aromatic nitrogens is 2. The number of rotatable bonds is 15. The number of hydrogen-bond acceptors (Lipinski definition) is 1. The number of nitrogens with zero attached hydrogens (tertiary/aromatic N) is 1. The number of aryl methyl sites for hydroxylation is 2. The highest BCUT2D eigenvalue weighted by Gasteiger charge is 2.22. The summed E-state index contributed by atoms with van der Waals surface area (Å²) in [5, 5.41) is 0. The van der Waals surface area contributed by atoms with Crippen LogP contribution < -0.4 is 5.69 Å². The molecule has 3 heteroatoms. The number of imidazole rings is 1. The molecule has 1 N–H and O–H groups in total. The van der Waals surface area contributed by atoms with E-state index in [0.717, 1.165) is 24.2 Å². The average molecular weight is 453 g/mol. The van der Waals surface area contributed by atoms with Crippen molar-refractivity contribution >= 4 is 0 Å². The summed E-state index contributed by atoms with van der Waals surface area (Å²) in [4.78, 5) is 15.7. The molecule has 0 amide bonds. The smallest absolute Gasteiger partial charge is 0.309 e. The molecule has 0 atom stereocenters. The largest absolute Gasteiger partial charge is 0.326 e. The van der Waals surface area contributed by atoms with Crippen LogP contribution in [-0.2, 0) is 6.42 Å². The molecule has 2 aromatic rings. The number of nitrogens with one attached hydrogen (secondary N) is 1. The molecule has 1 aliphatic rings. The lowest BCUT2D eigenvalue weighted by molar-refractivity contribution is 0.349. The summed E-state index contributed by atoms with van der Waals surface area (Å²) in [6.45, 7) is 4.33. The first-order valence-electron chi connectivity index (χ1n) is 14.1. The predicted molar refractivity (Wildman–Crippen MR) is 142 cm³/mol. The molecule has 3 rings (SSSR count). The number of unbranched alkanes of at least 4 members (excludes halogenated alkanes) is 11. The van der Waals surface area contributed by atoms with E-state index in [1.165, 1.54) is 114 Å². The summed E-state index contributed by atoms with van der Waals surface area (Å²) in [6.07, 6.45) is 24.0. The van der Waals surface area contributed by atoms with Crippen LogP contribution in [0.25, 0.3) is 11.3 Å². The third kappa shape index (κ3) is 8.19. The Bertz CT molecular complexity index is 839. The molecule has 1 fully saturated rings.